The molecule has 0 spiro atoms. The molecule has 1 aromatic heterocycles. The van der Waals surface area contributed by atoms with Crippen molar-refractivity contribution in [1.29, 1.82) is 5.41 Å². The molecular weight excluding hydrogens is 254 g/mol. The monoisotopic (exact) mass is 269 g/mol. The van der Waals surface area contributed by atoms with E-state index in [2.05, 4.69) is 10.3 Å². The Morgan fingerprint density at radius 2 is 2.10 bits per heavy atom. The lowest BCUT2D eigenvalue weighted by Gasteiger charge is -2.05. The third-order valence-electron chi connectivity index (χ3n) is 2.79. The Morgan fingerprint density at radius 1 is 1.35 bits per heavy atom. The van der Waals surface area contributed by atoms with Crippen LogP contribution in [0.1, 0.15) is 5.56 Å². The largest absolute Gasteiger partial charge is 0.403 e. The van der Waals surface area contributed by atoms with Crippen LogP contribution in [0.2, 0.25) is 0 Å². The first-order valence-electron chi connectivity index (χ1n) is 5.92. The average molecular weight is 269 g/mol. The molecule has 102 valence electrons. The van der Waals surface area contributed by atoms with E-state index in [0.717, 1.165) is 17.1 Å². The highest BCUT2D eigenvalue weighted by Crippen LogP contribution is 2.12. The van der Waals surface area contributed by atoms with Crippen LogP contribution in [-0.2, 0) is 0 Å². The molecule has 7 N–H and O–H groups in total. The van der Waals surface area contributed by atoms with E-state index in [9.17, 15) is 4.79 Å². The van der Waals surface area contributed by atoms with E-state index in [1.165, 1.54) is 12.4 Å². The van der Waals surface area contributed by atoms with E-state index >= 15 is 0 Å². The minimum Gasteiger partial charge on any atom is -0.403 e. The lowest BCUT2D eigenvalue weighted by atomic mass is 10.1. The predicted molar refractivity (Wildman–Crippen MR) is 80.9 cm³/mol. The first-order chi connectivity index (χ1) is 9.65. The number of allylic oxidation sites excluding steroid dienone is 1. The summed E-state index contributed by atoms with van der Waals surface area (Å²) in [5.41, 5.74) is 12.7. The zero-order valence-corrected chi connectivity index (χ0v) is 10.7. The van der Waals surface area contributed by atoms with Gasteiger partial charge in [-0.1, -0.05) is 18.2 Å². The number of aromatic nitrogens is 1. The summed E-state index contributed by atoms with van der Waals surface area (Å²) in [5.74, 6) is 0. The summed E-state index contributed by atoms with van der Waals surface area (Å²) in [6.07, 6.45) is 3.72. The molecule has 2 aromatic rings. The topological polar surface area (TPSA) is 121 Å². The summed E-state index contributed by atoms with van der Waals surface area (Å²) in [5, 5.41) is 10.7. The van der Waals surface area contributed by atoms with Crippen molar-refractivity contribution in [3.63, 3.8) is 0 Å². The Kier molecular flexibility index (Phi) is 3.85. The molecule has 0 aliphatic heterocycles. The number of para-hydroxylation sites is 1. The van der Waals surface area contributed by atoms with Crippen molar-refractivity contribution < 1.29 is 0 Å². The molecule has 0 aliphatic carbocycles. The van der Waals surface area contributed by atoms with E-state index in [1.807, 2.05) is 24.3 Å². The molecule has 0 bridgehead atoms. The minimum atomic E-state index is -0.271. The van der Waals surface area contributed by atoms with Gasteiger partial charge in [-0.15, -0.1) is 0 Å². The van der Waals surface area contributed by atoms with Crippen LogP contribution in [0.5, 0.6) is 0 Å². The standard InChI is InChI=1S/C14H15N5O/c15-6-10(7-16)18-8-12(17)11-5-9-3-1-2-4-13(9)19-14(11)20/h1-8,15,18H,16-17H2,(H,19,20)/b10-7+,12-8-,15-6?. The second kappa shape index (κ2) is 5.75. The fourth-order valence-corrected chi connectivity index (χ4v) is 1.74. The number of fused-ring (bicyclic) bond motifs is 1. The summed E-state index contributed by atoms with van der Waals surface area (Å²) in [6.45, 7) is 0. The van der Waals surface area contributed by atoms with E-state index in [1.54, 1.807) is 6.07 Å². The van der Waals surface area contributed by atoms with Gasteiger partial charge in [0.15, 0.2) is 0 Å². The molecule has 0 saturated heterocycles. The number of nitrogens with two attached hydrogens (primary N) is 2. The maximum Gasteiger partial charge on any atom is 0.257 e. The van der Waals surface area contributed by atoms with Crippen LogP contribution in [0.15, 0.2) is 53.2 Å². The van der Waals surface area contributed by atoms with E-state index in [4.69, 9.17) is 16.9 Å². The molecule has 6 heteroatoms. The number of hydrogen-bond donors (Lipinski definition) is 5. The Balaban J connectivity index is 2.41. The van der Waals surface area contributed by atoms with Crippen LogP contribution in [0.25, 0.3) is 16.6 Å². The molecule has 0 aliphatic rings. The van der Waals surface area contributed by atoms with Gasteiger partial charge in [0.25, 0.3) is 5.56 Å². The summed E-state index contributed by atoms with van der Waals surface area (Å²) in [4.78, 5) is 14.7. The number of hydrogen-bond acceptors (Lipinski definition) is 5. The van der Waals surface area contributed by atoms with Gasteiger partial charge < -0.3 is 27.2 Å². The second-order valence-electron chi connectivity index (χ2n) is 4.11. The Hall–Kier alpha value is -3.02. The van der Waals surface area contributed by atoms with Crippen molar-refractivity contribution >= 4 is 22.8 Å². The minimum absolute atomic E-state index is 0.262. The highest BCUT2D eigenvalue weighted by molar-refractivity contribution is 5.82. The van der Waals surface area contributed by atoms with Gasteiger partial charge in [0.05, 0.1) is 17.0 Å². The Bertz CT molecular complexity index is 757. The number of rotatable bonds is 4. The normalized spacial score (nSPS) is 12.4. The molecule has 1 aromatic carbocycles. The van der Waals surface area contributed by atoms with E-state index in [0.29, 0.717) is 11.3 Å². The van der Waals surface area contributed by atoms with Gasteiger partial charge in [-0.2, -0.15) is 0 Å². The highest BCUT2D eigenvalue weighted by Gasteiger charge is 2.05. The second-order valence-corrected chi connectivity index (χ2v) is 4.11. The van der Waals surface area contributed by atoms with Crippen LogP contribution >= 0.6 is 0 Å². The molecular formula is C14H15N5O. The molecule has 0 saturated carbocycles. The lowest BCUT2D eigenvalue weighted by molar-refractivity contribution is 1.12. The predicted octanol–water partition coefficient (Wildman–Crippen LogP) is 0.824. The van der Waals surface area contributed by atoms with Crippen LogP contribution in [0, 0.1) is 5.41 Å². The van der Waals surface area contributed by atoms with Gasteiger partial charge in [-0.25, -0.2) is 0 Å². The third kappa shape index (κ3) is 2.69. The molecule has 0 amide bonds. The van der Waals surface area contributed by atoms with Crippen LogP contribution < -0.4 is 22.3 Å². The number of aromatic amines is 1. The number of H-pyrrole nitrogens is 1. The molecule has 2 rings (SSSR count). The molecule has 20 heavy (non-hydrogen) atoms. The molecule has 0 radical (unpaired) electrons. The van der Waals surface area contributed by atoms with Gasteiger partial charge >= 0.3 is 0 Å². The molecule has 0 fully saturated rings. The SMILES string of the molecule is N=C/C(=C\N)N/C=C(\N)c1cc2ccccc2[nH]c1=O. The maximum absolute atomic E-state index is 12.0. The lowest BCUT2D eigenvalue weighted by Crippen LogP contribution is -2.18. The van der Waals surface area contributed by atoms with Gasteiger partial charge in [0, 0.05) is 24.1 Å². The van der Waals surface area contributed by atoms with Crippen molar-refractivity contribution in [3.05, 3.63) is 64.3 Å². The fourth-order valence-electron chi connectivity index (χ4n) is 1.74. The van der Waals surface area contributed by atoms with Crippen molar-refractivity contribution in [2.45, 2.75) is 0 Å². The summed E-state index contributed by atoms with van der Waals surface area (Å²) in [6, 6.07) is 9.16. The van der Waals surface area contributed by atoms with Crippen molar-refractivity contribution in [2.24, 2.45) is 11.5 Å². The van der Waals surface area contributed by atoms with Gasteiger partial charge in [0.1, 0.15) is 0 Å². The van der Waals surface area contributed by atoms with E-state index in [-0.39, 0.29) is 11.3 Å². The number of pyridine rings is 1. The third-order valence-corrected chi connectivity index (χ3v) is 2.79. The smallest absolute Gasteiger partial charge is 0.257 e. The van der Waals surface area contributed by atoms with Gasteiger partial charge in [0.2, 0.25) is 0 Å². The van der Waals surface area contributed by atoms with Crippen LogP contribution in [0.4, 0.5) is 0 Å². The highest BCUT2D eigenvalue weighted by atomic mass is 16.1. The summed E-state index contributed by atoms with van der Waals surface area (Å²) < 4.78 is 0. The fraction of sp³-hybridized carbons (Fsp3) is 0. The number of benzene rings is 1. The molecule has 0 atom stereocenters. The Labute approximate surface area is 115 Å². The zero-order valence-electron chi connectivity index (χ0n) is 10.7. The molecule has 6 nitrogen and oxygen atoms in total. The first-order valence-corrected chi connectivity index (χ1v) is 5.92. The average Bonchev–Trinajstić information content (AvgIpc) is 2.47. The van der Waals surface area contributed by atoms with Crippen molar-refractivity contribution in [2.75, 3.05) is 0 Å². The molecule has 0 unspecified atom stereocenters. The van der Waals surface area contributed by atoms with E-state index < -0.39 is 0 Å². The summed E-state index contributed by atoms with van der Waals surface area (Å²) in [7, 11) is 0. The molecule has 1 heterocycles. The van der Waals surface area contributed by atoms with Gasteiger partial charge in [-0.05, 0) is 17.5 Å². The first kappa shape index (κ1) is 13.4. The van der Waals surface area contributed by atoms with Crippen LogP contribution in [-0.4, -0.2) is 11.2 Å². The summed E-state index contributed by atoms with van der Waals surface area (Å²) >= 11 is 0. The quantitative estimate of drug-likeness (QED) is 0.528. The van der Waals surface area contributed by atoms with Crippen molar-refractivity contribution in [1.82, 2.24) is 10.3 Å². The zero-order chi connectivity index (χ0) is 14.5. The number of nitrogens with one attached hydrogen (secondary N) is 3. The van der Waals surface area contributed by atoms with Gasteiger partial charge in [-0.3, -0.25) is 4.79 Å². The maximum atomic E-state index is 12.0. The van der Waals surface area contributed by atoms with Crippen molar-refractivity contribution in [3.8, 4) is 0 Å². The Morgan fingerprint density at radius 3 is 2.80 bits per heavy atom. The van der Waals surface area contributed by atoms with Crippen LogP contribution in [0.3, 0.4) is 0 Å².